The summed E-state index contributed by atoms with van der Waals surface area (Å²) >= 11 is 0. The van der Waals surface area contributed by atoms with Crippen LogP contribution < -0.4 is 15.2 Å². The van der Waals surface area contributed by atoms with Crippen LogP contribution in [0.1, 0.15) is 45.0 Å². The summed E-state index contributed by atoms with van der Waals surface area (Å²) in [5, 5.41) is 6.46. The number of pyridine rings is 1. The molecule has 2 aromatic carbocycles. The van der Waals surface area contributed by atoms with E-state index in [1.54, 1.807) is 0 Å². The molecule has 0 saturated heterocycles. The first-order valence-electron chi connectivity index (χ1n) is 10.6. The Balaban J connectivity index is 1.84. The van der Waals surface area contributed by atoms with Gasteiger partial charge in [-0.2, -0.15) is 26.3 Å². The predicted molar refractivity (Wildman–Crippen MR) is 118 cm³/mol. The lowest BCUT2D eigenvalue weighted by Gasteiger charge is -2.29. The van der Waals surface area contributed by atoms with Crippen molar-refractivity contribution in [3.05, 3.63) is 82.3 Å². The number of carbonyl (C=O) groups excluding carboxylic acids is 1. The Morgan fingerprint density at radius 1 is 1.00 bits per heavy atom. The van der Waals surface area contributed by atoms with Crippen molar-refractivity contribution < 1.29 is 48.7 Å². The maximum Gasteiger partial charge on any atom is 0.419 e. The van der Waals surface area contributed by atoms with E-state index in [4.69, 9.17) is 9.88 Å². The molecule has 0 saturated carbocycles. The normalized spacial score (nSPS) is 15.9. The average Bonchev–Trinajstić information content (AvgIpc) is 2.81. The van der Waals surface area contributed by atoms with Crippen molar-refractivity contribution in [1.29, 1.82) is 0 Å². The lowest BCUT2D eigenvalue weighted by molar-refractivity contribution is -0.140. The van der Waals surface area contributed by atoms with E-state index in [1.165, 1.54) is 0 Å². The van der Waals surface area contributed by atoms with Crippen molar-refractivity contribution in [2.24, 2.45) is 5.14 Å². The van der Waals surface area contributed by atoms with E-state index in [1.807, 2.05) is 0 Å². The summed E-state index contributed by atoms with van der Waals surface area (Å²) in [5.41, 5.74) is -4.19. The molecule has 3 N–H and O–H groups in total. The van der Waals surface area contributed by atoms with Crippen LogP contribution in [0, 0.1) is 5.82 Å². The molecular formula is C23H16F7N3O4S. The zero-order valence-corrected chi connectivity index (χ0v) is 19.6. The minimum atomic E-state index is -5.18. The van der Waals surface area contributed by atoms with Crippen LogP contribution in [0.5, 0.6) is 5.75 Å². The molecule has 1 aliphatic rings. The quantitative estimate of drug-likeness (QED) is 0.431. The number of fused-ring (bicyclic) bond motifs is 1. The second-order valence-electron chi connectivity index (χ2n) is 8.21. The molecule has 0 fully saturated rings. The van der Waals surface area contributed by atoms with Crippen LogP contribution >= 0.6 is 0 Å². The third-order valence-corrected chi connectivity index (χ3v) is 6.55. The molecule has 0 radical (unpaired) electrons. The average molecular weight is 563 g/mol. The fraction of sp³-hybridized carbons (Fsp3) is 0.217. The van der Waals surface area contributed by atoms with Crippen LogP contribution in [0.15, 0.2) is 53.7 Å². The Hall–Kier alpha value is -3.72. The van der Waals surface area contributed by atoms with Gasteiger partial charge in [0.05, 0.1) is 23.3 Å². The number of benzene rings is 2. The first-order valence-corrected chi connectivity index (χ1v) is 12.2. The number of sulfonamides is 1. The molecule has 1 amide bonds. The van der Waals surface area contributed by atoms with Crippen molar-refractivity contribution >= 4 is 21.6 Å². The zero-order valence-electron chi connectivity index (χ0n) is 18.8. The fourth-order valence-electron chi connectivity index (χ4n) is 4.06. The number of aromatic nitrogens is 1. The largest absolute Gasteiger partial charge is 0.493 e. The van der Waals surface area contributed by atoms with Gasteiger partial charge in [-0.1, -0.05) is 12.1 Å². The molecule has 1 unspecified atom stereocenters. The van der Waals surface area contributed by atoms with Crippen LogP contribution in [0.25, 0.3) is 0 Å². The van der Waals surface area contributed by atoms with Crippen molar-refractivity contribution in [2.45, 2.75) is 29.7 Å². The van der Waals surface area contributed by atoms with Gasteiger partial charge in [-0.05, 0) is 36.2 Å². The summed E-state index contributed by atoms with van der Waals surface area (Å²) < 4.78 is 124. The maximum atomic E-state index is 15.3. The number of rotatable bonds is 4. The molecule has 38 heavy (non-hydrogen) atoms. The van der Waals surface area contributed by atoms with E-state index >= 15 is 4.39 Å². The number of ether oxygens (including phenoxy) is 1. The highest BCUT2D eigenvalue weighted by atomic mass is 32.2. The van der Waals surface area contributed by atoms with Gasteiger partial charge in [0.1, 0.15) is 11.6 Å². The van der Waals surface area contributed by atoms with Gasteiger partial charge >= 0.3 is 12.4 Å². The van der Waals surface area contributed by atoms with Crippen molar-refractivity contribution in [3.8, 4) is 5.75 Å². The lowest BCUT2D eigenvalue weighted by Crippen LogP contribution is -2.24. The highest BCUT2D eigenvalue weighted by molar-refractivity contribution is 7.89. The second-order valence-corrected chi connectivity index (χ2v) is 9.72. The fourth-order valence-corrected chi connectivity index (χ4v) is 4.56. The number of hydrogen-bond acceptors (Lipinski definition) is 5. The van der Waals surface area contributed by atoms with Gasteiger partial charge in [-0.25, -0.2) is 22.9 Å². The van der Waals surface area contributed by atoms with Crippen molar-refractivity contribution in [1.82, 2.24) is 4.98 Å². The SMILES string of the molecule is NS(=O)(=O)c1cc(NC(=O)c2c(C3CCOc4cc(C(F)(F)F)ccc43)ccc(C(F)(F)F)c2F)ccn1. The molecule has 3 aromatic rings. The molecule has 7 nitrogen and oxygen atoms in total. The zero-order chi connectivity index (χ0) is 28.0. The number of nitrogens with one attached hydrogen (secondary N) is 1. The summed E-state index contributed by atoms with van der Waals surface area (Å²) in [6.45, 7) is -0.162. The van der Waals surface area contributed by atoms with Crippen LogP contribution in [-0.4, -0.2) is 25.9 Å². The van der Waals surface area contributed by atoms with Gasteiger partial charge in [0.25, 0.3) is 15.9 Å². The Bertz CT molecular complexity index is 1520. The molecule has 0 aliphatic carbocycles. The summed E-state index contributed by atoms with van der Waals surface area (Å²) in [5.74, 6) is -4.49. The summed E-state index contributed by atoms with van der Waals surface area (Å²) in [4.78, 5) is 16.7. The van der Waals surface area contributed by atoms with Gasteiger partial charge in [-0.3, -0.25) is 4.79 Å². The summed E-state index contributed by atoms with van der Waals surface area (Å²) in [7, 11) is -4.31. The minimum Gasteiger partial charge on any atom is -0.493 e. The van der Waals surface area contributed by atoms with Crippen LogP contribution in [0.2, 0.25) is 0 Å². The number of halogens is 7. The van der Waals surface area contributed by atoms with Crippen molar-refractivity contribution in [2.75, 3.05) is 11.9 Å². The molecule has 202 valence electrons. The van der Waals surface area contributed by atoms with Gasteiger partial charge in [0.15, 0.2) is 5.03 Å². The van der Waals surface area contributed by atoms with E-state index in [0.717, 1.165) is 36.5 Å². The third-order valence-electron chi connectivity index (χ3n) is 5.75. The summed E-state index contributed by atoms with van der Waals surface area (Å²) in [6.07, 6.45) is -8.92. The topological polar surface area (TPSA) is 111 Å². The molecule has 1 aromatic heterocycles. The number of primary sulfonamides is 1. The maximum absolute atomic E-state index is 15.3. The number of amides is 1. The monoisotopic (exact) mass is 563 g/mol. The van der Waals surface area contributed by atoms with Crippen LogP contribution in [0.4, 0.5) is 36.4 Å². The van der Waals surface area contributed by atoms with E-state index in [2.05, 4.69) is 10.3 Å². The van der Waals surface area contributed by atoms with E-state index in [0.29, 0.717) is 12.1 Å². The number of nitrogens with zero attached hydrogens (tertiary/aromatic N) is 1. The van der Waals surface area contributed by atoms with Gasteiger partial charge < -0.3 is 10.1 Å². The number of carbonyl (C=O) groups is 1. The lowest BCUT2D eigenvalue weighted by atomic mass is 9.82. The van der Waals surface area contributed by atoms with E-state index in [9.17, 15) is 39.6 Å². The van der Waals surface area contributed by atoms with Crippen LogP contribution in [-0.2, 0) is 22.4 Å². The summed E-state index contributed by atoms with van der Waals surface area (Å²) in [6, 6.07) is 5.74. The molecule has 0 bridgehead atoms. The minimum absolute atomic E-state index is 0.00821. The molecular weight excluding hydrogens is 547 g/mol. The number of hydrogen-bond donors (Lipinski definition) is 2. The highest BCUT2D eigenvalue weighted by Crippen LogP contribution is 2.44. The Labute approximate surface area is 210 Å². The first kappa shape index (κ1) is 27.3. The first-order chi connectivity index (χ1) is 17.6. The Kier molecular flexibility index (Phi) is 6.86. The third kappa shape index (κ3) is 5.43. The van der Waals surface area contributed by atoms with Crippen LogP contribution in [0.3, 0.4) is 0 Å². The number of nitrogens with two attached hydrogens (primary N) is 1. The highest BCUT2D eigenvalue weighted by Gasteiger charge is 2.39. The Morgan fingerprint density at radius 2 is 1.68 bits per heavy atom. The van der Waals surface area contributed by atoms with E-state index in [-0.39, 0.29) is 35.6 Å². The van der Waals surface area contributed by atoms with Gasteiger partial charge in [0.2, 0.25) is 0 Å². The molecule has 1 atom stereocenters. The van der Waals surface area contributed by atoms with E-state index < -0.39 is 61.7 Å². The molecule has 4 rings (SSSR count). The second kappa shape index (κ2) is 9.54. The predicted octanol–water partition coefficient (Wildman–Crippen LogP) is 5.07. The smallest absolute Gasteiger partial charge is 0.419 e. The van der Waals surface area contributed by atoms with Gasteiger partial charge in [-0.15, -0.1) is 0 Å². The van der Waals surface area contributed by atoms with Crippen molar-refractivity contribution in [3.63, 3.8) is 0 Å². The Morgan fingerprint density at radius 3 is 2.32 bits per heavy atom. The molecule has 15 heteroatoms. The number of alkyl halides is 6. The molecule has 1 aliphatic heterocycles. The number of anilines is 1. The molecule has 0 spiro atoms. The van der Waals surface area contributed by atoms with Gasteiger partial charge in [0, 0.05) is 29.4 Å². The molecule has 2 heterocycles. The standard InChI is InChI=1S/C23H16F7N3O4S/c24-20-16(23(28,29)30)4-3-15(13-6-8-37-17-9-11(22(25,26)27)1-2-14(13)17)19(20)21(34)33-12-5-7-32-18(10-12)38(31,35)36/h1-5,7,9-10,13H,6,8H2,(H2,31,35,36)(H,32,33,34).